The predicted octanol–water partition coefficient (Wildman–Crippen LogP) is 2.14. The molecule has 0 aliphatic carbocycles. The molecule has 0 bridgehead atoms. The minimum absolute atomic E-state index is 0.964. The van der Waals surface area contributed by atoms with Crippen LogP contribution in [0.1, 0.15) is 4.88 Å². The second-order valence-electron chi connectivity index (χ2n) is 3.16. The van der Waals surface area contributed by atoms with Crippen LogP contribution in [0.15, 0.2) is 29.9 Å². The topological polar surface area (TPSA) is 29.9 Å². The number of nitrogens with zero attached hydrogens (tertiary/aromatic N) is 2. The molecule has 0 unspecified atom stereocenters. The minimum atomic E-state index is 0.964. The number of thiophene rings is 1. The summed E-state index contributed by atoms with van der Waals surface area (Å²) in [4.78, 5) is 1.42. The summed E-state index contributed by atoms with van der Waals surface area (Å²) in [7, 11) is 1.92. The number of hydrogen-bond donors (Lipinski definition) is 1. The zero-order valence-corrected chi connectivity index (χ0v) is 8.92. The smallest absolute Gasteiger partial charge is 0.0726 e. The first-order valence-electron chi connectivity index (χ1n) is 4.59. The van der Waals surface area contributed by atoms with Gasteiger partial charge in [0.15, 0.2) is 0 Å². The molecular weight excluding hydrogens is 194 g/mol. The van der Waals surface area contributed by atoms with E-state index >= 15 is 0 Å². The van der Waals surface area contributed by atoms with Crippen molar-refractivity contribution in [1.29, 1.82) is 0 Å². The average Bonchev–Trinajstić information content (AvgIpc) is 2.77. The highest BCUT2D eigenvalue weighted by atomic mass is 32.1. The molecule has 14 heavy (non-hydrogen) atoms. The van der Waals surface area contributed by atoms with Crippen molar-refractivity contribution in [1.82, 2.24) is 9.78 Å². The molecule has 0 aromatic carbocycles. The fourth-order valence-electron chi connectivity index (χ4n) is 1.30. The highest BCUT2D eigenvalue weighted by Gasteiger charge is 1.95. The van der Waals surface area contributed by atoms with Gasteiger partial charge in [0.05, 0.1) is 11.9 Å². The summed E-state index contributed by atoms with van der Waals surface area (Å²) in [6.45, 7) is 0.964. The van der Waals surface area contributed by atoms with Crippen LogP contribution in [0, 0.1) is 0 Å². The van der Waals surface area contributed by atoms with Crippen molar-refractivity contribution in [2.45, 2.75) is 6.42 Å². The van der Waals surface area contributed by atoms with E-state index in [1.807, 2.05) is 19.4 Å². The molecule has 0 saturated carbocycles. The van der Waals surface area contributed by atoms with E-state index in [1.54, 1.807) is 16.0 Å². The maximum absolute atomic E-state index is 4.09. The molecule has 0 atom stereocenters. The average molecular weight is 207 g/mol. The van der Waals surface area contributed by atoms with Crippen molar-refractivity contribution >= 4 is 17.0 Å². The van der Waals surface area contributed by atoms with Gasteiger partial charge in [-0.1, -0.05) is 6.07 Å². The molecule has 2 heterocycles. The standard InChI is InChI=1S/C10H13N3S/c1-13-8-9(7-12-13)11-5-4-10-3-2-6-14-10/h2-3,6-8,11H,4-5H2,1H3. The number of anilines is 1. The van der Waals surface area contributed by atoms with Gasteiger partial charge in [0.2, 0.25) is 0 Å². The summed E-state index contributed by atoms with van der Waals surface area (Å²) in [5.41, 5.74) is 1.09. The largest absolute Gasteiger partial charge is 0.382 e. The summed E-state index contributed by atoms with van der Waals surface area (Å²) >= 11 is 1.80. The highest BCUT2D eigenvalue weighted by Crippen LogP contribution is 2.10. The lowest BCUT2D eigenvalue weighted by molar-refractivity contribution is 0.768. The van der Waals surface area contributed by atoms with Crippen molar-refractivity contribution in [2.24, 2.45) is 7.05 Å². The summed E-state index contributed by atoms with van der Waals surface area (Å²) < 4.78 is 1.80. The van der Waals surface area contributed by atoms with Crippen molar-refractivity contribution < 1.29 is 0 Å². The quantitative estimate of drug-likeness (QED) is 0.832. The Morgan fingerprint density at radius 2 is 2.50 bits per heavy atom. The van der Waals surface area contributed by atoms with Crippen LogP contribution in [-0.2, 0) is 13.5 Å². The molecule has 74 valence electrons. The summed E-state index contributed by atoms with van der Waals surface area (Å²) in [6.07, 6.45) is 4.90. The van der Waals surface area contributed by atoms with Gasteiger partial charge in [0, 0.05) is 24.7 Å². The van der Waals surface area contributed by atoms with Crippen LogP contribution in [0.5, 0.6) is 0 Å². The SMILES string of the molecule is Cn1cc(NCCc2cccs2)cn1. The fraction of sp³-hybridized carbons (Fsp3) is 0.300. The Morgan fingerprint density at radius 1 is 1.57 bits per heavy atom. The van der Waals surface area contributed by atoms with Gasteiger partial charge in [0.1, 0.15) is 0 Å². The van der Waals surface area contributed by atoms with E-state index < -0.39 is 0 Å². The number of hydrogen-bond acceptors (Lipinski definition) is 3. The maximum Gasteiger partial charge on any atom is 0.0726 e. The molecule has 2 aromatic rings. The van der Waals surface area contributed by atoms with E-state index in [-0.39, 0.29) is 0 Å². The van der Waals surface area contributed by atoms with Gasteiger partial charge in [-0.25, -0.2) is 0 Å². The molecule has 1 N–H and O–H groups in total. The Bertz CT molecular complexity index is 378. The monoisotopic (exact) mass is 207 g/mol. The van der Waals surface area contributed by atoms with E-state index in [0.29, 0.717) is 0 Å². The molecule has 3 nitrogen and oxygen atoms in total. The molecule has 0 aliphatic rings. The van der Waals surface area contributed by atoms with Crippen LogP contribution in [0.4, 0.5) is 5.69 Å². The van der Waals surface area contributed by atoms with Crippen LogP contribution in [-0.4, -0.2) is 16.3 Å². The lowest BCUT2D eigenvalue weighted by Gasteiger charge is -2.00. The van der Waals surface area contributed by atoms with Crippen molar-refractivity contribution in [3.8, 4) is 0 Å². The summed E-state index contributed by atoms with van der Waals surface area (Å²) in [5, 5.41) is 9.53. The van der Waals surface area contributed by atoms with E-state index in [4.69, 9.17) is 0 Å². The normalized spacial score (nSPS) is 10.4. The molecule has 2 rings (SSSR count). The number of aryl methyl sites for hydroxylation is 1. The summed E-state index contributed by atoms with van der Waals surface area (Å²) in [5.74, 6) is 0. The van der Waals surface area contributed by atoms with Gasteiger partial charge in [0.25, 0.3) is 0 Å². The zero-order valence-electron chi connectivity index (χ0n) is 8.10. The first-order chi connectivity index (χ1) is 6.84. The molecule has 4 heteroatoms. The number of rotatable bonds is 4. The van der Waals surface area contributed by atoms with Gasteiger partial charge >= 0.3 is 0 Å². The van der Waals surface area contributed by atoms with Gasteiger partial charge in [-0.15, -0.1) is 11.3 Å². The first-order valence-corrected chi connectivity index (χ1v) is 5.47. The predicted molar refractivity (Wildman–Crippen MR) is 59.7 cm³/mol. The molecule has 0 radical (unpaired) electrons. The lowest BCUT2D eigenvalue weighted by Crippen LogP contribution is -2.02. The van der Waals surface area contributed by atoms with Crippen molar-refractivity contribution in [3.63, 3.8) is 0 Å². The Labute approximate surface area is 87.4 Å². The number of aromatic nitrogens is 2. The van der Waals surface area contributed by atoms with Crippen LogP contribution < -0.4 is 5.32 Å². The number of nitrogens with one attached hydrogen (secondary N) is 1. The van der Waals surface area contributed by atoms with Gasteiger partial charge < -0.3 is 5.32 Å². The Morgan fingerprint density at radius 3 is 3.14 bits per heavy atom. The van der Waals surface area contributed by atoms with E-state index in [2.05, 4.69) is 27.9 Å². The van der Waals surface area contributed by atoms with Crippen LogP contribution >= 0.6 is 11.3 Å². The van der Waals surface area contributed by atoms with Gasteiger partial charge in [-0.05, 0) is 17.9 Å². The fourth-order valence-corrected chi connectivity index (χ4v) is 2.01. The Balaban J connectivity index is 1.78. The third kappa shape index (κ3) is 2.35. The molecule has 0 amide bonds. The summed E-state index contributed by atoms with van der Waals surface area (Å²) in [6, 6.07) is 4.25. The van der Waals surface area contributed by atoms with Gasteiger partial charge in [-0.3, -0.25) is 4.68 Å². The highest BCUT2D eigenvalue weighted by molar-refractivity contribution is 7.09. The van der Waals surface area contributed by atoms with E-state index in [9.17, 15) is 0 Å². The third-order valence-corrected chi connectivity index (χ3v) is 2.92. The molecule has 0 aliphatic heterocycles. The lowest BCUT2D eigenvalue weighted by atomic mass is 10.3. The van der Waals surface area contributed by atoms with E-state index in [0.717, 1.165) is 18.7 Å². The Kier molecular flexibility index (Phi) is 2.84. The second-order valence-corrected chi connectivity index (χ2v) is 4.19. The second kappa shape index (κ2) is 4.28. The molecule has 0 saturated heterocycles. The third-order valence-electron chi connectivity index (χ3n) is 1.99. The van der Waals surface area contributed by atoms with Crippen LogP contribution in [0.2, 0.25) is 0 Å². The van der Waals surface area contributed by atoms with Crippen LogP contribution in [0.25, 0.3) is 0 Å². The van der Waals surface area contributed by atoms with Gasteiger partial charge in [-0.2, -0.15) is 5.10 Å². The minimum Gasteiger partial charge on any atom is -0.382 e. The molecule has 0 fully saturated rings. The molecular formula is C10H13N3S. The Hall–Kier alpha value is -1.29. The van der Waals surface area contributed by atoms with Crippen molar-refractivity contribution in [2.75, 3.05) is 11.9 Å². The maximum atomic E-state index is 4.09. The zero-order chi connectivity index (χ0) is 9.80. The first kappa shape index (κ1) is 9.27. The van der Waals surface area contributed by atoms with E-state index in [1.165, 1.54) is 4.88 Å². The molecule has 0 spiro atoms. The van der Waals surface area contributed by atoms with Crippen LogP contribution in [0.3, 0.4) is 0 Å². The molecule has 2 aromatic heterocycles. The van der Waals surface area contributed by atoms with Crippen molar-refractivity contribution in [3.05, 3.63) is 34.8 Å².